The molecule has 0 aliphatic rings. The molecule has 3 aromatic carbocycles. The highest BCUT2D eigenvalue weighted by molar-refractivity contribution is 6.08. The first kappa shape index (κ1) is 17.9. The number of benzene rings is 3. The van der Waals surface area contributed by atoms with Crippen LogP contribution in [0.3, 0.4) is 0 Å². The first-order valence-electron chi connectivity index (χ1n) is 10.3. The normalized spacial score (nSPS) is 13.9. The molecule has 0 saturated heterocycles. The van der Waals surface area contributed by atoms with Gasteiger partial charge in [0.15, 0.2) is 0 Å². The van der Waals surface area contributed by atoms with Gasteiger partial charge >= 0.3 is 0 Å². The summed E-state index contributed by atoms with van der Waals surface area (Å²) < 4.78 is 2.45. The second-order valence-electron chi connectivity index (χ2n) is 7.69. The van der Waals surface area contributed by atoms with Crippen molar-refractivity contribution in [3.05, 3.63) is 83.9 Å². The molecule has 0 bridgehead atoms. The summed E-state index contributed by atoms with van der Waals surface area (Å²) in [6.45, 7) is 7.93. The Morgan fingerprint density at radius 3 is 2.19 bits per heavy atom. The molecule has 0 amide bonds. The summed E-state index contributed by atoms with van der Waals surface area (Å²) in [5, 5.41) is 2.74. The molecule has 1 heterocycles. The van der Waals surface area contributed by atoms with Crippen molar-refractivity contribution in [3.8, 4) is 0 Å². The van der Waals surface area contributed by atoms with Crippen LogP contribution in [-0.2, 0) is 6.54 Å². The molecule has 4 rings (SSSR count). The number of nitrogens with zero attached hydrogens (tertiary/aromatic N) is 1. The van der Waals surface area contributed by atoms with Crippen molar-refractivity contribution >= 4 is 21.8 Å². The minimum Gasteiger partial charge on any atom is -0.341 e. The van der Waals surface area contributed by atoms with E-state index in [0.717, 1.165) is 6.54 Å². The van der Waals surface area contributed by atoms with Crippen LogP contribution in [0.2, 0.25) is 0 Å². The monoisotopic (exact) mass is 355 g/mol. The highest BCUT2D eigenvalue weighted by atomic mass is 15.0. The number of aromatic nitrogens is 1. The highest BCUT2D eigenvalue weighted by Crippen LogP contribution is 2.35. The Hall–Kier alpha value is -2.54. The first-order chi connectivity index (χ1) is 13.2. The molecule has 0 fully saturated rings. The molecule has 4 aromatic rings. The third-order valence-electron chi connectivity index (χ3n) is 6.08. The van der Waals surface area contributed by atoms with Gasteiger partial charge in [-0.05, 0) is 54.9 Å². The Labute approximate surface area is 162 Å². The van der Waals surface area contributed by atoms with Gasteiger partial charge in [0.25, 0.3) is 0 Å². The summed E-state index contributed by atoms with van der Waals surface area (Å²) in [5.74, 6) is 1.16. The van der Waals surface area contributed by atoms with E-state index in [2.05, 4.69) is 98.1 Å². The Bertz CT molecular complexity index is 1040. The maximum atomic E-state index is 2.45. The van der Waals surface area contributed by atoms with E-state index >= 15 is 0 Å². The minimum absolute atomic E-state index is 0.544. The Kier molecular flexibility index (Phi) is 5.03. The van der Waals surface area contributed by atoms with Gasteiger partial charge in [-0.2, -0.15) is 0 Å². The molecule has 0 spiro atoms. The Morgan fingerprint density at radius 1 is 0.741 bits per heavy atom. The zero-order valence-electron chi connectivity index (χ0n) is 16.7. The van der Waals surface area contributed by atoms with Gasteiger partial charge in [0.2, 0.25) is 0 Å². The smallest absolute Gasteiger partial charge is 0.0494 e. The lowest BCUT2D eigenvalue weighted by molar-refractivity contribution is 0.544. The van der Waals surface area contributed by atoms with Crippen LogP contribution < -0.4 is 0 Å². The average molecular weight is 356 g/mol. The number of para-hydroxylation sites is 1. The summed E-state index contributed by atoms with van der Waals surface area (Å²) >= 11 is 0. The zero-order chi connectivity index (χ0) is 18.8. The molecule has 138 valence electrons. The SMILES string of the molecule is CCC(CC(C)c1ccc2c3ccccc3n(CC)c2c1)c1ccccc1. The average Bonchev–Trinajstić information content (AvgIpc) is 3.05. The fraction of sp³-hybridized carbons (Fsp3) is 0.308. The molecule has 1 aromatic heterocycles. The van der Waals surface area contributed by atoms with Gasteiger partial charge in [0.05, 0.1) is 0 Å². The van der Waals surface area contributed by atoms with Gasteiger partial charge in [0, 0.05) is 28.4 Å². The molecule has 1 nitrogen and oxygen atoms in total. The molecule has 0 radical (unpaired) electrons. The van der Waals surface area contributed by atoms with Crippen LogP contribution in [-0.4, -0.2) is 4.57 Å². The van der Waals surface area contributed by atoms with Crippen LogP contribution in [0, 0.1) is 0 Å². The Morgan fingerprint density at radius 2 is 1.44 bits per heavy atom. The first-order valence-corrected chi connectivity index (χ1v) is 10.3. The van der Waals surface area contributed by atoms with Crippen LogP contribution in [0.1, 0.15) is 56.6 Å². The number of hydrogen-bond acceptors (Lipinski definition) is 0. The minimum atomic E-state index is 0.544. The molecule has 0 aliphatic heterocycles. The molecule has 1 heteroatoms. The topological polar surface area (TPSA) is 4.93 Å². The number of fused-ring (bicyclic) bond motifs is 3. The zero-order valence-corrected chi connectivity index (χ0v) is 16.7. The number of aryl methyl sites for hydroxylation is 1. The molecule has 0 saturated carbocycles. The van der Waals surface area contributed by atoms with E-state index in [1.54, 1.807) is 0 Å². The van der Waals surface area contributed by atoms with Gasteiger partial charge in [0.1, 0.15) is 0 Å². The van der Waals surface area contributed by atoms with Gasteiger partial charge in [-0.3, -0.25) is 0 Å². The van der Waals surface area contributed by atoms with Gasteiger partial charge in [-0.15, -0.1) is 0 Å². The molecular weight excluding hydrogens is 326 g/mol. The predicted octanol–water partition coefficient (Wildman–Crippen LogP) is 7.50. The molecular formula is C26H29N. The number of hydrogen-bond donors (Lipinski definition) is 0. The molecule has 2 atom stereocenters. The third kappa shape index (κ3) is 3.27. The number of rotatable bonds is 6. The lowest BCUT2D eigenvalue weighted by Gasteiger charge is -2.21. The second kappa shape index (κ2) is 7.60. The van der Waals surface area contributed by atoms with Crippen LogP contribution in [0.4, 0.5) is 0 Å². The summed E-state index contributed by atoms with van der Waals surface area (Å²) in [4.78, 5) is 0. The second-order valence-corrected chi connectivity index (χ2v) is 7.69. The highest BCUT2D eigenvalue weighted by Gasteiger charge is 2.17. The Balaban J connectivity index is 1.70. The van der Waals surface area contributed by atoms with Crippen molar-refractivity contribution in [1.82, 2.24) is 4.57 Å². The lowest BCUT2D eigenvalue weighted by Crippen LogP contribution is -2.04. The van der Waals surface area contributed by atoms with Crippen molar-refractivity contribution in [3.63, 3.8) is 0 Å². The predicted molar refractivity (Wildman–Crippen MR) is 118 cm³/mol. The van der Waals surface area contributed by atoms with Crippen LogP contribution in [0.5, 0.6) is 0 Å². The van der Waals surface area contributed by atoms with E-state index in [4.69, 9.17) is 0 Å². The van der Waals surface area contributed by atoms with Crippen LogP contribution in [0.15, 0.2) is 72.8 Å². The van der Waals surface area contributed by atoms with Crippen molar-refractivity contribution in [2.45, 2.75) is 52.0 Å². The van der Waals surface area contributed by atoms with E-state index in [1.165, 1.54) is 45.8 Å². The molecule has 2 unspecified atom stereocenters. The van der Waals surface area contributed by atoms with E-state index in [0.29, 0.717) is 11.8 Å². The van der Waals surface area contributed by atoms with Gasteiger partial charge in [-0.25, -0.2) is 0 Å². The fourth-order valence-corrected chi connectivity index (χ4v) is 4.54. The van der Waals surface area contributed by atoms with Crippen molar-refractivity contribution in [1.29, 1.82) is 0 Å². The van der Waals surface area contributed by atoms with E-state index < -0.39 is 0 Å². The van der Waals surface area contributed by atoms with Crippen molar-refractivity contribution in [2.75, 3.05) is 0 Å². The van der Waals surface area contributed by atoms with E-state index in [1.807, 2.05) is 0 Å². The summed E-state index contributed by atoms with van der Waals surface area (Å²) in [6.07, 6.45) is 2.38. The van der Waals surface area contributed by atoms with Crippen LogP contribution >= 0.6 is 0 Å². The third-order valence-corrected chi connectivity index (χ3v) is 6.08. The maximum Gasteiger partial charge on any atom is 0.0494 e. The summed E-state index contributed by atoms with van der Waals surface area (Å²) in [7, 11) is 0. The largest absolute Gasteiger partial charge is 0.341 e. The van der Waals surface area contributed by atoms with E-state index in [9.17, 15) is 0 Å². The molecule has 0 aliphatic carbocycles. The fourth-order valence-electron chi connectivity index (χ4n) is 4.54. The van der Waals surface area contributed by atoms with E-state index in [-0.39, 0.29) is 0 Å². The summed E-state index contributed by atoms with van der Waals surface area (Å²) in [6, 6.07) is 26.9. The standard InChI is InChI=1S/C26H29N/c1-4-20(21-11-7-6-8-12-21)17-19(3)22-15-16-24-23-13-9-10-14-25(23)27(5-2)26(24)18-22/h6-16,18-20H,4-5,17H2,1-3H3. The van der Waals surface area contributed by atoms with Crippen LogP contribution in [0.25, 0.3) is 21.8 Å². The van der Waals surface area contributed by atoms with Gasteiger partial charge < -0.3 is 4.57 Å². The quantitative estimate of drug-likeness (QED) is 0.337. The van der Waals surface area contributed by atoms with Gasteiger partial charge in [-0.1, -0.05) is 74.5 Å². The summed E-state index contributed by atoms with van der Waals surface area (Å²) in [5.41, 5.74) is 5.64. The molecule has 27 heavy (non-hydrogen) atoms. The lowest BCUT2D eigenvalue weighted by atomic mass is 9.84. The van der Waals surface area contributed by atoms with Crippen molar-refractivity contribution in [2.24, 2.45) is 0 Å². The molecule has 0 N–H and O–H groups in total. The van der Waals surface area contributed by atoms with Crippen molar-refractivity contribution < 1.29 is 0 Å². The maximum absolute atomic E-state index is 2.45.